The number of amides is 2. The fourth-order valence-corrected chi connectivity index (χ4v) is 3.16. The van der Waals surface area contributed by atoms with Gasteiger partial charge in [-0.15, -0.1) is 0 Å². The number of carbonyl (C=O) groups excluding carboxylic acids is 2. The van der Waals surface area contributed by atoms with E-state index in [1.807, 2.05) is 6.07 Å². The molecule has 6 nitrogen and oxygen atoms in total. The molecule has 4 N–H and O–H groups in total. The molecule has 0 bridgehead atoms. The van der Waals surface area contributed by atoms with E-state index >= 15 is 0 Å². The predicted molar refractivity (Wildman–Crippen MR) is 92.3 cm³/mol. The van der Waals surface area contributed by atoms with Gasteiger partial charge < -0.3 is 16.0 Å². The van der Waals surface area contributed by atoms with Crippen LogP contribution in [0.15, 0.2) is 36.5 Å². The fourth-order valence-electron chi connectivity index (χ4n) is 3.16. The van der Waals surface area contributed by atoms with Gasteiger partial charge in [-0.05, 0) is 43.1 Å². The summed E-state index contributed by atoms with van der Waals surface area (Å²) in [5.41, 5.74) is 6.87. The lowest BCUT2D eigenvalue weighted by Gasteiger charge is -2.32. The van der Waals surface area contributed by atoms with Crippen molar-refractivity contribution in [2.75, 3.05) is 18.4 Å². The molecule has 1 aliphatic heterocycles. The van der Waals surface area contributed by atoms with Gasteiger partial charge in [-0.3, -0.25) is 14.5 Å². The SMILES string of the molecule is NC(=O)c1cc(NC(=O)[C@H]2CCCN(Cc3cccc(F)c3)C2)c[nH]1. The lowest BCUT2D eigenvalue weighted by Crippen LogP contribution is -2.40. The van der Waals surface area contributed by atoms with Crippen molar-refractivity contribution >= 4 is 17.5 Å². The number of carbonyl (C=O) groups is 2. The molecule has 0 unspecified atom stereocenters. The van der Waals surface area contributed by atoms with Crippen molar-refractivity contribution in [3.63, 3.8) is 0 Å². The monoisotopic (exact) mass is 344 g/mol. The Morgan fingerprint density at radius 1 is 1.36 bits per heavy atom. The molecule has 25 heavy (non-hydrogen) atoms. The minimum absolute atomic E-state index is 0.0843. The maximum Gasteiger partial charge on any atom is 0.265 e. The molecule has 1 aromatic carbocycles. The molecule has 0 spiro atoms. The summed E-state index contributed by atoms with van der Waals surface area (Å²) in [6.07, 6.45) is 3.26. The normalized spacial score (nSPS) is 18.0. The molecule has 1 aromatic heterocycles. The molecule has 2 aromatic rings. The molecule has 3 rings (SSSR count). The third-order valence-electron chi connectivity index (χ3n) is 4.39. The Hall–Kier alpha value is -2.67. The number of hydrogen-bond donors (Lipinski definition) is 3. The van der Waals surface area contributed by atoms with Crippen LogP contribution in [0.5, 0.6) is 0 Å². The van der Waals surface area contributed by atoms with E-state index in [0.29, 0.717) is 18.8 Å². The molecule has 2 heterocycles. The van der Waals surface area contributed by atoms with Gasteiger partial charge in [0.05, 0.1) is 11.6 Å². The summed E-state index contributed by atoms with van der Waals surface area (Å²) < 4.78 is 13.3. The van der Waals surface area contributed by atoms with Gasteiger partial charge in [-0.25, -0.2) is 4.39 Å². The van der Waals surface area contributed by atoms with Gasteiger partial charge in [0.2, 0.25) is 5.91 Å². The number of aromatic nitrogens is 1. The molecule has 1 saturated heterocycles. The Morgan fingerprint density at radius 3 is 2.92 bits per heavy atom. The second-order valence-electron chi connectivity index (χ2n) is 6.36. The van der Waals surface area contributed by atoms with Crippen molar-refractivity contribution < 1.29 is 14.0 Å². The molecule has 0 saturated carbocycles. The molecule has 1 aliphatic rings. The van der Waals surface area contributed by atoms with Crippen molar-refractivity contribution in [2.24, 2.45) is 11.7 Å². The number of rotatable bonds is 5. The summed E-state index contributed by atoms with van der Waals surface area (Å²) >= 11 is 0. The van der Waals surface area contributed by atoms with Gasteiger partial charge in [0.15, 0.2) is 0 Å². The van der Waals surface area contributed by atoms with Gasteiger partial charge in [0.25, 0.3) is 5.91 Å². The standard InChI is InChI=1S/C18H21FN4O2/c19-14-5-1-3-12(7-14)10-23-6-2-4-13(11-23)18(25)22-15-8-16(17(20)24)21-9-15/h1,3,5,7-9,13,21H,2,4,6,10-11H2,(H2,20,24)(H,22,25)/t13-/m0/s1. The number of hydrogen-bond acceptors (Lipinski definition) is 3. The molecule has 0 radical (unpaired) electrons. The number of piperidine rings is 1. The summed E-state index contributed by atoms with van der Waals surface area (Å²) in [5, 5.41) is 2.82. The number of halogens is 1. The number of likely N-dealkylation sites (tertiary alicyclic amines) is 1. The quantitative estimate of drug-likeness (QED) is 0.776. The average Bonchev–Trinajstić information content (AvgIpc) is 3.04. The Bertz CT molecular complexity index is 774. The van der Waals surface area contributed by atoms with Crippen molar-refractivity contribution in [3.8, 4) is 0 Å². The second kappa shape index (κ2) is 7.48. The second-order valence-corrected chi connectivity index (χ2v) is 6.36. The van der Waals surface area contributed by atoms with E-state index in [0.717, 1.165) is 24.9 Å². The largest absolute Gasteiger partial charge is 0.364 e. The third-order valence-corrected chi connectivity index (χ3v) is 4.39. The minimum Gasteiger partial charge on any atom is -0.364 e. The van der Waals surface area contributed by atoms with Gasteiger partial charge in [0, 0.05) is 19.3 Å². The predicted octanol–water partition coefficient (Wildman–Crippen LogP) is 2.10. The van der Waals surface area contributed by atoms with E-state index in [-0.39, 0.29) is 23.3 Å². The first-order chi connectivity index (χ1) is 12.0. The van der Waals surface area contributed by atoms with Crippen LogP contribution in [0.2, 0.25) is 0 Å². The van der Waals surface area contributed by atoms with Crippen LogP contribution < -0.4 is 11.1 Å². The molecule has 132 valence electrons. The molecule has 2 amide bonds. The number of nitrogens with one attached hydrogen (secondary N) is 2. The first kappa shape index (κ1) is 17.2. The van der Waals surface area contributed by atoms with Crippen LogP contribution in [0.3, 0.4) is 0 Å². The van der Waals surface area contributed by atoms with Gasteiger partial charge in [-0.2, -0.15) is 0 Å². The number of aromatic amines is 1. The zero-order chi connectivity index (χ0) is 17.8. The topological polar surface area (TPSA) is 91.2 Å². The Kier molecular flexibility index (Phi) is 5.14. The highest BCUT2D eigenvalue weighted by molar-refractivity contribution is 5.96. The van der Waals surface area contributed by atoms with Gasteiger partial charge >= 0.3 is 0 Å². The van der Waals surface area contributed by atoms with Crippen LogP contribution in [0.25, 0.3) is 0 Å². The maximum absolute atomic E-state index is 13.3. The van der Waals surface area contributed by atoms with Crippen LogP contribution in [0.4, 0.5) is 10.1 Å². The molecule has 1 fully saturated rings. The first-order valence-electron chi connectivity index (χ1n) is 8.27. The van der Waals surface area contributed by atoms with E-state index < -0.39 is 5.91 Å². The maximum atomic E-state index is 13.3. The first-order valence-corrected chi connectivity index (χ1v) is 8.27. The third kappa shape index (κ3) is 4.45. The van der Waals surface area contributed by atoms with Gasteiger partial charge in [0.1, 0.15) is 11.5 Å². The summed E-state index contributed by atoms with van der Waals surface area (Å²) in [7, 11) is 0. The lowest BCUT2D eigenvalue weighted by molar-refractivity contribution is -0.121. The number of H-pyrrole nitrogens is 1. The van der Waals surface area contributed by atoms with Crippen LogP contribution in [0.1, 0.15) is 28.9 Å². The van der Waals surface area contributed by atoms with E-state index in [4.69, 9.17) is 5.73 Å². The molecular weight excluding hydrogens is 323 g/mol. The van der Waals surface area contributed by atoms with E-state index in [2.05, 4.69) is 15.2 Å². The van der Waals surface area contributed by atoms with Crippen molar-refractivity contribution in [1.29, 1.82) is 0 Å². The lowest BCUT2D eigenvalue weighted by atomic mass is 9.96. The summed E-state index contributed by atoms with van der Waals surface area (Å²) in [4.78, 5) is 28.4. The Labute approximate surface area is 145 Å². The molecular formula is C18H21FN4O2. The number of nitrogens with two attached hydrogens (primary N) is 1. The number of anilines is 1. The minimum atomic E-state index is -0.570. The highest BCUT2D eigenvalue weighted by Crippen LogP contribution is 2.21. The smallest absolute Gasteiger partial charge is 0.265 e. The Balaban J connectivity index is 1.58. The molecule has 7 heteroatoms. The van der Waals surface area contributed by atoms with E-state index in [1.165, 1.54) is 18.2 Å². The van der Waals surface area contributed by atoms with Crippen LogP contribution in [-0.4, -0.2) is 34.8 Å². The number of primary amides is 1. The van der Waals surface area contributed by atoms with Crippen molar-refractivity contribution in [1.82, 2.24) is 9.88 Å². The molecule has 1 atom stereocenters. The van der Waals surface area contributed by atoms with Gasteiger partial charge in [-0.1, -0.05) is 12.1 Å². The fraction of sp³-hybridized carbons (Fsp3) is 0.333. The summed E-state index contributed by atoms with van der Waals surface area (Å²) in [6, 6.07) is 8.05. The highest BCUT2D eigenvalue weighted by Gasteiger charge is 2.26. The van der Waals surface area contributed by atoms with E-state index in [1.54, 1.807) is 12.3 Å². The van der Waals surface area contributed by atoms with E-state index in [9.17, 15) is 14.0 Å². The summed E-state index contributed by atoms with van der Waals surface area (Å²) in [6.45, 7) is 2.13. The number of nitrogens with zero attached hydrogens (tertiary/aromatic N) is 1. The molecule has 0 aliphatic carbocycles. The highest BCUT2D eigenvalue weighted by atomic mass is 19.1. The van der Waals surface area contributed by atoms with Crippen LogP contribution in [0, 0.1) is 11.7 Å². The van der Waals surface area contributed by atoms with Crippen molar-refractivity contribution in [3.05, 3.63) is 53.6 Å². The number of benzene rings is 1. The zero-order valence-corrected chi connectivity index (χ0v) is 13.8. The average molecular weight is 344 g/mol. The van der Waals surface area contributed by atoms with Crippen LogP contribution >= 0.6 is 0 Å². The zero-order valence-electron chi connectivity index (χ0n) is 13.8. The Morgan fingerprint density at radius 2 is 2.20 bits per heavy atom. The van der Waals surface area contributed by atoms with Crippen LogP contribution in [-0.2, 0) is 11.3 Å². The van der Waals surface area contributed by atoms with Crippen molar-refractivity contribution in [2.45, 2.75) is 19.4 Å². The summed E-state index contributed by atoms with van der Waals surface area (Å²) in [5.74, 6) is -1.05.